The molecule has 2 aliphatic heterocycles. The lowest BCUT2D eigenvalue weighted by Gasteiger charge is -2.37. The Hall–Kier alpha value is -3.10. The number of amides is 3. The number of nitrogens with zero attached hydrogens (tertiary/aromatic N) is 2. The van der Waals surface area contributed by atoms with Crippen molar-refractivity contribution in [2.45, 2.75) is 51.2 Å². The monoisotopic (exact) mass is 445 g/mol. The maximum absolute atomic E-state index is 12.5. The first-order valence-corrected chi connectivity index (χ1v) is 11.1. The number of unbranched alkanes of at least 4 members (excludes halogenated alkanes) is 1. The van der Waals surface area contributed by atoms with Crippen molar-refractivity contribution in [3.05, 3.63) is 35.9 Å². The molecule has 2 aliphatic rings. The topological polar surface area (TPSA) is 105 Å². The molecule has 9 nitrogen and oxygen atoms in total. The normalized spacial score (nSPS) is 17.2. The van der Waals surface area contributed by atoms with E-state index >= 15 is 0 Å². The molecule has 3 rings (SSSR count). The third kappa shape index (κ3) is 6.70. The molecular weight excluding hydrogens is 414 g/mol. The van der Waals surface area contributed by atoms with Gasteiger partial charge in [-0.3, -0.25) is 14.5 Å². The average Bonchev–Trinajstić information content (AvgIpc) is 3.06. The summed E-state index contributed by atoms with van der Waals surface area (Å²) in [7, 11) is 0. The second kappa shape index (κ2) is 11.0. The van der Waals surface area contributed by atoms with Crippen LogP contribution in [0.4, 0.5) is 9.59 Å². The SMILES string of the molecule is CC(=O)CN1CC2(CCN(C(=O)CCCCNC(=O)OCc3ccccc3)CC2)OC1=O. The molecule has 0 atom stereocenters. The second-order valence-corrected chi connectivity index (χ2v) is 8.44. The minimum absolute atomic E-state index is 0.0661. The molecule has 1 aromatic rings. The summed E-state index contributed by atoms with van der Waals surface area (Å²) in [6.07, 6.45) is 1.99. The van der Waals surface area contributed by atoms with Crippen molar-refractivity contribution in [2.75, 3.05) is 32.7 Å². The minimum atomic E-state index is -0.590. The first-order chi connectivity index (χ1) is 15.4. The smallest absolute Gasteiger partial charge is 0.410 e. The van der Waals surface area contributed by atoms with E-state index < -0.39 is 17.8 Å². The molecule has 174 valence electrons. The quantitative estimate of drug-likeness (QED) is 0.586. The summed E-state index contributed by atoms with van der Waals surface area (Å²) in [5.74, 6) is -0.0121. The van der Waals surface area contributed by atoms with Crippen LogP contribution in [0, 0.1) is 0 Å². The third-order valence-corrected chi connectivity index (χ3v) is 5.78. The number of Topliss-reactive ketones (excluding diaryl/α,β-unsaturated/α-hetero) is 1. The van der Waals surface area contributed by atoms with E-state index in [0.29, 0.717) is 58.3 Å². The van der Waals surface area contributed by atoms with Crippen molar-refractivity contribution in [3.63, 3.8) is 0 Å². The Morgan fingerprint density at radius 2 is 1.84 bits per heavy atom. The van der Waals surface area contributed by atoms with Crippen LogP contribution < -0.4 is 5.32 Å². The molecule has 0 saturated carbocycles. The zero-order valence-corrected chi connectivity index (χ0v) is 18.5. The highest BCUT2D eigenvalue weighted by Gasteiger charge is 2.47. The highest BCUT2D eigenvalue weighted by Crippen LogP contribution is 2.33. The number of benzene rings is 1. The number of hydrogen-bond donors (Lipinski definition) is 1. The van der Waals surface area contributed by atoms with Crippen molar-refractivity contribution in [3.8, 4) is 0 Å². The molecule has 2 heterocycles. The van der Waals surface area contributed by atoms with E-state index in [1.165, 1.54) is 11.8 Å². The molecule has 2 saturated heterocycles. The van der Waals surface area contributed by atoms with Crippen LogP contribution in [0.15, 0.2) is 30.3 Å². The summed E-state index contributed by atoms with van der Waals surface area (Å²) in [5.41, 5.74) is 0.336. The number of ketones is 1. The van der Waals surface area contributed by atoms with Gasteiger partial charge in [-0.25, -0.2) is 9.59 Å². The summed E-state index contributed by atoms with van der Waals surface area (Å²) >= 11 is 0. The van der Waals surface area contributed by atoms with E-state index in [4.69, 9.17) is 9.47 Å². The maximum atomic E-state index is 12.5. The van der Waals surface area contributed by atoms with Crippen LogP contribution in [-0.4, -0.2) is 72.0 Å². The molecule has 1 N–H and O–H groups in total. The fraction of sp³-hybridized carbons (Fsp3) is 0.565. The van der Waals surface area contributed by atoms with E-state index in [1.807, 2.05) is 30.3 Å². The van der Waals surface area contributed by atoms with Gasteiger partial charge in [0.05, 0.1) is 13.1 Å². The van der Waals surface area contributed by atoms with E-state index in [1.54, 1.807) is 4.90 Å². The van der Waals surface area contributed by atoms with Crippen LogP contribution in [0.25, 0.3) is 0 Å². The highest BCUT2D eigenvalue weighted by molar-refractivity contribution is 5.83. The molecular formula is C23H31N3O6. The van der Waals surface area contributed by atoms with Crippen molar-refractivity contribution in [1.82, 2.24) is 15.1 Å². The predicted molar refractivity (Wildman–Crippen MR) is 116 cm³/mol. The number of alkyl carbamates (subject to hydrolysis) is 1. The van der Waals surface area contributed by atoms with Gasteiger partial charge in [0.2, 0.25) is 5.91 Å². The van der Waals surface area contributed by atoms with Gasteiger partial charge in [0, 0.05) is 38.9 Å². The Balaban J connectivity index is 1.27. The molecule has 1 aromatic carbocycles. The van der Waals surface area contributed by atoms with Crippen LogP contribution in [-0.2, 0) is 25.7 Å². The average molecular weight is 446 g/mol. The first-order valence-electron chi connectivity index (χ1n) is 11.1. The summed E-state index contributed by atoms with van der Waals surface area (Å²) in [6.45, 7) is 3.66. The molecule has 0 aromatic heterocycles. The number of likely N-dealkylation sites (tertiary alicyclic amines) is 1. The number of ether oxygens (including phenoxy) is 2. The standard InChI is InChI=1S/C23H31N3O6/c1-18(27)15-26-17-23(32-22(26)30)10-13-25(14-11-23)20(28)9-5-6-12-24-21(29)31-16-19-7-3-2-4-8-19/h2-4,7-8H,5-6,9-17H2,1H3,(H,24,29). The fourth-order valence-corrected chi connectivity index (χ4v) is 4.03. The Kier molecular flexibility index (Phi) is 8.08. The zero-order chi connectivity index (χ0) is 23.0. The third-order valence-electron chi connectivity index (χ3n) is 5.78. The maximum Gasteiger partial charge on any atom is 0.410 e. The predicted octanol–water partition coefficient (Wildman–Crippen LogP) is 2.49. The number of rotatable bonds is 9. The molecule has 0 unspecified atom stereocenters. The molecule has 2 fully saturated rings. The lowest BCUT2D eigenvalue weighted by molar-refractivity contribution is -0.134. The molecule has 0 bridgehead atoms. The van der Waals surface area contributed by atoms with E-state index in [0.717, 1.165) is 5.56 Å². The van der Waals surface area contributed by atoms with Gasteiger partial charge in [0.25, 0.3) is 0 Å². The number of piperidine rings is 1. The van der Waals surface area contributed by atoms with Crippen LogP contribution in [0.1, 0.15) is 44.6 Å². The van der Waals surface area contributed by atoms with Gasteiger partial charge in [-0.05, 0) is 25.3 Å². The Morgan fingerprint density at radius 3 is 2.53 bits per heavy atom. The van der Waals surface area contributed by atoms with Gasteiger partial charge >= 0.3 is 12.2 Å². The number of nitrogens with one attached hydrogen (secondary N) is 1. The Bertz CT molecular complexity index is 820. The summed E-state index contributed by atoms with van der Waals surface area (Å²) in [6, 6.07) is 9.46. The van der Waals surface area contributed by atoms with Gasteiger partial charge in [-0.15, -0.1) is 0 Å². The zero-order valence-electron chi connectivity index (χ0n) is 18.5. The highest BCUT2D eigenvalue weighted by atomic mass is 16.6. The second-order valence-electron chi connectivity index (χ2n) is 8.44. The van der Waals surface area contributed by atoms with Gasteiger partial charge < -0.3 is 19.7 Å². The summed E-state index contributed by atoms with van der Waals surface area (Å²) in [4.78, 5) is 50.7. The van der Waals surface area contributed by atoms with Gasteiger partial charge in [-0.2, -0.15) is 0 Å². The Labute approximate surface area is 188 Å². The summed E-state index contributed by atoms with van der Waals surface area (Å²) < 4.78 is 10.7. The van der Waals surface area contributed by atoms with Gasteiger partial charge in [0.15, 0.2) is 0 Å². The van der Waals surface area contributed by atoms with Crippen molar-refractivity contribution in [1.29, 1.82) is 0 Å². The van der Waals surface area contributed by atoms with Gasteiger partial charge in [0.1, 0.15) is 18.0 Å². The first kappa shape index (κ1) is 23.6. The number of carbonyl (C=O) groups is 4. The van der Waals surface area contributed by atoms with Crippen LogP contribution in [0.3, 0.4) is 0 Å². The molecule has 1 spiro atoms. The lowest BCUT2D eigenvalue weighted by Crippen LogP contribution is -2.48. The molecule has 9 heteroatoms. The molecule has 32 heavy (non-hydrogen) atoms. The van der Waals surface area contributed by atoms with Crippen LogP contribution in [0.2, 0.25) is 0 Å². The molecule has 0 radical (unpaired) electrons. The van der Waals surface area contributed by atoms with E-state index in [9.17, 15) is 19.2 Å². The fourth-order valence-electron chi connectivity index (χ4n) is 4.03. The molecule has 0 aliphatic carbocycles. The van der Waals surface area contributed by atoms with Crippen molar-refractivity contribution in [2.24, 2.45) is 0 Å². The van der Waals surface area contributed by atoms with E-state index in [-0.39, 0.29) is 24.8 Å². The van der Waals surface area contributed by atoms with Gasteiger partial charge in [-0.1, -0.05) is 30.3 Å². The van der Waals surface area contributed by atoms with Crippen LogP contribution >= 0.6 is 0 Å². The number of carbonyl (C=O) groups excluding carboxylic acids is 4. The van der Waals surface area contributed by atoms with Crippen molar-refractivity contribution < 1.29 is 28.7 Å². The lowest BCUT2D eigenvalue weighted by atomic mass is 9.91. The van der Waals surface area contributed by atoms with Crippen molar-refractivity contribution >= 4 is 23.9 Å². The largest absolute Gasteiger partial charge is 0.445 e. The Morgan fingerprint density at radius 1 is 1.12 bits per heavy atom. The minimum Gasteiger partial charge on any atom is -0.445 e. The molecule has 3 amide bonds. The summed E-state index contributed by atoms with van der Waals surface area (Å²) in [5, 5.41) is 2.70. The van der Waals surface area contributed by atoms with Crippen LogP contribution in [0.5, 0.6) is 0 Å². The number of hydrogen-bond acceptors (Lipinski definition) is 6. The van der Waals surface area contributed by atoms with E-state index in [2.05, 4.69) is 5.32 Å².